The van der Waals surface area contributed by atoms with E-state index < -0.39 is 0 Å². The molecule has 7 heteroatoms. The Morgan fingerprint density at radius 2 is 2.00 bits per heavy atom. The molecule has 2 aromatic carbocycles. The van der Waals surface area contributed by atoms with E-state index in [9.17, 15) is 0 Å². The highest BCUT2D eigenvalue weighted by atomic mass is 16.7. The third kappa shape index (κ3) is 3.60. The Morgan fingerprint density at radius 1 is 1.08 bits per heavy atom. The predicted octanol–water partition coefficient (Wildman–Crippen LogP) is 3.26. The molecule has 0 spiro atoms. The summed E-state index contributed by atoms with van der Waals surface area (Å²) in [5.41, 5.74) is 3.23. The topological polar surface area (TPSA) is 81.2 Å². The molecule has 3 aromatic rings. The van der Waals surface area contributed by atoms with E-state index >= 15 is 0 Å². The number of benzene rings is 2. The van der Waals surface area contributed by atoms with Crippen LogP contribution in [0.2, 0.25) is 0 Å². The molecule has 1 aliphatic heterocycles. The molecule has 0 aliphatic carbocycles. The summed E-state index contributed by atoms with van der Waals surface area (Å²) >= 11 is 0. The predicted molar refractivity (Wildman–Crippen MR) is 94.2 cm³/mol. The lowest BCUT2D eigenvalue weighted by molar-refractivity contribution is 0.174. The van der Waals surface area contributed by atoms with E-state index in [0.717, 1.165) is 17.0 Å². The molecule has 0 saturated heterocycles. The van der Waals surface area contributed by atoms with Crippen LogP contribution in [-0.2, 0) is 6.54 Å². The largest absolute Gasteiger partial charge is 0.454 e. The van der Waals surface area contributed by atoms with Gasteiger partial charge in [-0.05, 0) is 24.6 Å². The molecule has 0 amide bonds. The maximum absolute atomic E-state index is 5.37. The average Bonchev–Trinajstić information content (AvgIpc) is 3.08. The average molecular weight is 335 g/mol. The highest BCUT2D eigenvalue weighted by Crippen LogP contribution is 2.34. The minimum absolute atomic E-state index is 0.251. The molecular formula is C18H17N5O2. The number of nitrogens with one attached hydrogen (secondary N) is 2. The SMILES string of the molecule is Cc1cccc(CNc2nncc(Nc3ccc4c(c3)OCO4)n2)c1. The van der Waals surface area contributed by atoms with Gasteiger partial charge >= 0.3 is 0 Å². The van der Waals surface area contributed by atoms with Gasteiger partial charge in [-0.1, -0.05) is 29.8 Å². The first-order valence-corrected chi connectivity index (χ1v) is 7.92. The lowest BCUT2D eigenvalue weighted by Gasteiger charge is -2.08. The fourth-order valence-electron chi connectivity index (χ4n) is 2.56. The molecule has 0 atom stereocenters. The van der Waals surface area contributed by atoms with Crippen LogP contribution in [0.5, 0.6) is 11.5 Å². The molecule has 2 heterocycles. The van der Waals surface area contributed by atoms with Crippen molar-refractivity contribution in [2.45, 2.75) is 13.5 Å². The number of ether oxygens (including phenoxy) is 2. The highest BCUT2D eigenvalue weighted by molar-refractivity contribution is 5.61. The van der Waals surface area contributed by atoms with Crippen molar-refractivity contribution in [3.05, 3.63) is 59.8 Å². The number of rotatable bonds is 5. The minimum atomic E-state index is 0.251. The zero-order chi connectivity index (χ0) is 17.1. The van der Waals surface area contributed by atoms with Gasteiger partial charge in [-0.2, -0.15) is 10.1 Å². The van der Waals surface area contributed by atoms with Gasteiger partial charge < -0.3 is 20.1 Å². The molecule has 1 aromatic heterocycles. The van der Waals surface area contributed by atoms with Crippen molar-refractivity contribution in [3.8, 4) is 11.5 Å². The van der Waals surface area contributed by atoms with Crippen LogP contribution in [0, 0.1) is 6.92 Å². The molecule has 0 saturated carbocycles. The summed E-state index contributed by atoms with van der Waals surface area (Å²) in [4.78, 5) is 4.43. The van der Waals surface area contributed by atoms with Crippen LogP contribution < -0.4 is 20.1 Å². The van der Waals surface area contributed by atoms with Crippen LogP contribution in [0.1, 0.15) is 11.1 Å². The molecule has 7 nitrogen and oxygen atoms in total. The molecule has 2 N–H and O–H groups in total. The van der Waals surface area contributed by atoms with E-state index in [1.165, 1.54) is 5.56 Å². The Kier molecular flexibility index (Phi) is 4.04. The maximum atomic E-state index is 5.37. The van der Waals surface area contributed by atoms with E-state index in [-0.39, 0.29) is 6.79 Å². The van der Waals surface area contributed by atoms with Gasteiger partial charge in [0.1, 0.15) is 0 Å². The van der Waals surface area contributed by atoms with Crippen molar-refractivity contribution in [2.24, 2.45) is 0 Å². The van der Waals surface area contributed by atoms with E-state index in [2.05, 4.69) is 50.9 Å². The highest BCUT2D eigenvalue weighted by Gasteiger charge is 2.13. The number of hydrogen-bond acceptors (Lipinski definition) is 7. The number of fused-ring (bicyclic) bond motifs is 1. The lowest BCUT2D eigenvalue weighted by atomic mass is 10.1. The van der Waals surface area contributed by atoms with E-state index in [1.54, 1.807) is 6.20 Å². The van der Waals surface area contributed by atoms with Gasteiger partial charge in [0.05, 0.1) is 6.20 Å². The van der Waals surface area contributed by atoms with Crippen LogP contribution in [0.25, 0.3) is 0 Å². The number of aryl methyl sites for hydroxylation is 1. The number of anilines is 3. The summed E-state index contributed by atoms with van der Waals surface area (Å²) < 4.78 is 10.7. The maximum Gasteiger partial charge on any atom is 0.244 e. The van der Waals surface area contributed by atoms with Crippen molar-refractivity contribution in [2.75, 3.05) is 17.4 Å². The van der Waals surface area contributed by atoms with Crippen molar-refractivity contribution < 1.29 is 9.47 Å². The molecule has 25 heavy (non-hydrogen) atoms. The fourth-order valence-corrected chi connectivity index (χ4v) is 2.56. The summed E-state index contributed by atoms with van der Waals surface area (Å²) in [5, 5.41) is 14.4. The molecule has 1 aliphatic rings. The monoisotopic (exact) mass is 335 g/mol. The summed E-state index contributed by atoms with van der Waals surface area (Å²) in [6, 6.07) is 13.9. The van der Waals surface area contributed by atoms with Gasteiger partial charge in [-0.3, -0.25) is 0 Å². The molecule has 4 rings (SSSR count). The summed E-state index contributed by atoms with van der Waals surface area (Å²) in [6.45, 7) is 2.95. The van der Waals surface area contributed by atoms with Crippen molar-refractivity contribution in [1.82, 2.24) is 15.2 Å². The van der Waals surface area contributed by atoms with Gasteiger partial charge in [-0.25, -0.2) is 0 Å². The zero-order valence-electron chi connectivity index (χ0n) is 13.7. The van der Waals surface area contributed by atoms with Gasteiger partial charge in [0, 0.05) is 18.3 Å². The Bertz CT molecular complexity index is 900. The second kappa shape index (κ2) is 6.64. The zero-order valence-corrected chi connectivity index (χ0v) is 13.7. The van der Waals surface area contributed by atoms with Crippen molar-refractivity contribution in [3.63, 3.8) is 0 Å². The van der Waals surface area contributed by atoms with E-state index in [4.69, 9.17) is 9.47 Å². The summed E-state index contributed by atoms with van der Waals surface area (Å²) in [7, 11) is 0. The van der Waals surface area contributed by atoms with Crippen LogP contribution in [0.15, 0.2) is 48.7 Å². The van der Waals surface area contributed by atoms with Crippen LogP contribution in [-0.4, -0.2) is 22.0 Å². The third-order valence-electron chi connectivity index (χ3n) is 3.74. The molecule has 0 bridgehead atoms. The summed E-state index contributed by atoms with van der Waals surface area (Å²) in [5.74, 6) is 2.52. The van der Waals surface area contributed by atoms with E-state index in [1.807, 2.05) is 24.3 Å². The third-order valence-corrected chi connectivity index (χ3v) is 3.74. The number of aromatic nitrogens is 3. The van der Waals surface area contributed by atoms with Crippen LogP contribution >= 0.6 is 0 Å². The molecule has 0 radical (unpaired) electrons. The molecule has 0 fully saturated rings. The van der Waals surface area contributed by atoms with Crippen molar-refractivity contribution >= 4 is 17.5 Å². The van der Waals surface area contributed by atoms with Crippen LogP contribution in [0.3, 0.4) is 0 Å². The summed E-state index contributed by atoms with van der Waals surface area (Å²) in [6.07, 6.45) is 1.57. The number of nitrogens with zero attached hydrogens (tertiary/aromatic N) is 3. The Labute approximate surface area is 145 Å². The van der Waals surface area contributed by atoms with Gasteiger partial charge in [-0.15, -0.1) is 5.10 Å². The standard InChI is InChI=1S/C18H17N5O2/c1-12-3-2-4-13(7-12)9-19-18-22-17(10-20-23-18)21-14-5-6-15-16(8-14)25-11-24-15/h2-8,10H,9,11H2,1H3,(H2,19,21,22,23). The van der Waals surface area contributed by atoms with E-state index in [0.29, 0.717) is 24.1 Å². The lowest BCUT2D eigenvalue weighted by Crippen LogP contribution is -2.06. The van der Waals surface area contributed by atoms with Gasteiger partial charge in [0.25, 0.3) is 0 Å². The first-order valence-electron chi connectivity index (χ1n) is 7.92. The van der Waals surface area contributed by atoms with Crippen LogP contribution in [0.4, 0.5) is 17.5 Å². The normalized spacial score (nSPS) is 12.0. The molecule has 0 unspecified atom stereocenters. The minimum Gasteiger partial charge on any atom is -0.454 e. The Morgan fingerprint density at radius 3 is 2.92 bits per heavy atom. The molecule has 126 valence electrons. The second-order valence-electron chi connectivity index (χ2n) is 5.70. The second-order valence-corrected chi connectivity index (χ2v) is 5.70. The van der Waals surface area contributed by atoms with Crippen molar-refractivity contribution in [1.29, 1.82) is 0 Å². The smallest absolute Gasteiger partial charge is 0.244 e. The number of hydrogen-bond donors (Lipinski definition) is 2. The Balaban J connectivity index is 1.44. The molecular weight excluding hydrogens is 318 g/mol. The quantitative estimate of drug-likeness (QED) is 0.740. The fraction of sp³-hybridized carbons (Fsp3) is 0.167. The Hall–Kier alpha value is -3.35. The first-order chi connectivity index (χ1) is 12.3. The van der Waals surface area contributed by atoms with Gasteiger partial charge in [0.15, 0.2) is 17.3 Å². The van der Waals surface area contributed by atoms with Gasteiger partial charge in [0.2, 0.25) is 12.7 Å². The first kappa shape index (κ1) is 15.2.